The lowest BCUT2D eigenvalue weighted by Crippen LogP contribution is -2.33. The van der Waals surface area contributed by atoms with Gasteiger partial charge in [0.25, 0.3) is 5.91 Å². The molecule has 0 spiro atoms. The summed E-state index contributed by atoms with van der Waals surface area (Å²) in [4.78, 5) is 24.4. The van der Waals surface area contributed by atoms with E-state index in [0.29, 0.717) is 11.5 Å². The van der Waals surface area contributed by atoms with Crippen LogP contribution in [0.4, 0.5) is 0 Å². The molecule has 1 atom stereocenters. The third-order valence-corrected chi connectivity index (χ3v) is 7.44. The number of hydrogen-bond donors (Lipinski definition) is 1. The van der Waals surface area contributed by atoms with Crippen molar-refractivity contribution in [2.75, 3.05) is 27.7 Å². The van der Waals surface area contributed by atoms with E-state index in [9.17, 15) is 4.79 Å². The number of likely N-dealkylation sites (N-methyl/N-ethyl adjacent to an activating group) is 1. The fraction of sp³-hybridized carbons (Fsp3) is 0.310. The fourth-order valence-electron chi connectivity index (χ4n) is 5.86. The van der Waals surface area contributed by atoms with Gasteiger partial charge in [-0.15, -0.1) is 0 Å². The molecule has 4 aromatic rings. The maximum Gasteiger partial charge on any atom is 0.253 e. The molecule has 1 unspecified atom stereocenters. The van der Waals surface area contributed by atoms with Crippen LogP contribution >= 0.6 is 0 Å². The van der Waals surface area contributed by atoms with Crippen LogP contribution in [0.15, 0.2) is 54.9 Å². The maximum atomic E-state index is 12.3. The number of aryl methyl sites for hydroxylation is 1. The Labute approximate surface area is 200 Å². The molecule has 6 rings (SSSR count). The zero-order valence-corrected chi connectivity index (χ0v) is 20.1. The summed E-state index contributed by atoms with van der Waals surface area (Å²) in [5.74, 6) is 0.699. The first kappa shape index (κ1) is 21.1. The lowest BCUT2D eigenvalue weighted by molar-refractivity contribution is 0.0827. The van der Waals surface area contributed by atoms with Gasteiger partial charge in [0.05, 0.1) is 0 Å². The van der Waals surface area contributed by atoms with Crippen molar-refractivity contribution >= 4 is 16.9 Å². The number of carbonyl (C=O) groups excluding carboxylic acids is 1. The van der Waals surface area contributed by atoms with Gasteiger partial charge in [-0.3, -0.25) is 4.79 Å². The first-order valence-corrected chi connectivity index (χ1v) is 12.1. The van der Waals surface area contributed by atoms with Crippen LogP contribution in [-0.2, 0) is 13.0 Å². The molecule has 172 valence electrons. The van der Waals surface area contributed by atoms with Crippen LogP contribution in [0.25, 0.3) is 33.3 Å². The minimum atomic E-state index is 0.0127. The second-order valence-corrected chi connectivity index (χ2v) is 10.1. The lowest BCUT2D eigenvalue weighted by Gasteiger charge is -2.37. The Bertz CT molecular complexity index is 1400. The highest BCUT2D eigenvalue weighted by molar-refractivity contribution is 5.98. The Morgan fingerprint density at radius 2 is 1.85 bits per heavy atom. The highest BCUT2D eigenvalue weighted by Crippen LogP contribution is 2.41. The van der Waals surface area contributed by atoms with Gasteiger partial charge in [0, 0.05) is 61.7 Å². The quantitative estimate of drug-likeness (QED) is 0.451. The largest absolute Gasteiger partial charge is 0.346 e. The maximum absolute atomic E-state index is 12.3. The molecule has 5 nitrogen and oxygen atoms in total. The molecule has 1 aliphatic heterocycles. The summed E-state index contributed by atoms with van der Waals surface area (Å²) < 4.78 is 0. The topological polar surface area (TPSA) is 52.2 Å². The van der Waals surface area contributed by atoms with Crippen molar-refractivity contribution in [1.29, 1.82) is 0 Å². The second kappa shape index (κ2) is 8.10. The fourth-order valence-corrected chi connectivity index (χ4v) is 5.86. The van der Waals surface area contributed by atoms with E-state index < -0.39 is 0 Å². The standard InChI is InChI=1S/C29H30N4O/c1-32(2)29(34)19-9-7-18(8-10-19)26-15-31-28-25(26)13-23(14-30-28)22-11-20-5-4-6-21-16-33(3)17-24(12-22)27(20)21/h7-15,21H,4-6,16-17H2,1-3H3,(H,30,31). The minimum Gasteiger partial charge on any atom is -0.346 e. The molecule has 34 heavy (non-hydrogen) atoms. The van der Waals surface area contributed by atoms with Crippen LogP contribution in [0.1, 0.15) is 45.8 Å². The predicted octanol–water partition coefficient (Wildman–Crippen LogP) is 5.46. The number of aromatic amines is 1. The Hall–Kier alpha value is -3.44. The number of nitrogens with zero attached hydrogens (tertiary/aromatic N) is 3. The molecule has 1 amide bonds. The average molecular weight is 451 g/mol. The van der Waals surface area contributed by atoms with Crippen LogP contribution in [0.2, 0.25) is 0 Å². The number of carbonyl (C=O) groups is 1. The number of amides is 1. The van der Waals surface area contributed by atoms with Crippen molar-refractivity contribution in [2.45, 2.75) is 31.7 Å². The number of rotatable bonds is 3. The lowest BCUT2D eigenvalue weighted by atomic mass is 9.76. The third kappa shape index (κ3) is 3.51. The monoisotopic (exact) mass is 450 g/mol. The molecule has 1 N–H and O–H groups in total. The zero-order valence-electron chi connectivity index (χ0n) is 20.1. The molecule has 0 radical (unpaired) electrons. The van der Waals surface area contributed by atoms with Gasteiger partial charge in [-0.05, 0) is 84.3 Å². The van der Waals surface area contributed by atoms with Gasteiger partial charge in [0.2, 0.25) is 0 Å². The van der Waals surface area contributed by atoms with Gasteiger partial charge >= 0.3 is 0 Å². The van der Waals surface area contributed by atoms with E-state index in [1.807, 2.05) is 36.7 Å². The van der Waals surface area contributed by atoms with Crippen LogP contribution in [0, 0.1) is 0 Å². The summed E-state index contributed by atoms with van der Waals surface area (Å²) in [5, 5.41) is 1.10. The first-order valence-electron chi connectivity index (χ1n) is 12.1. The van der Waals surface area contributed by atoms with Gasteiger partial charge in [-0.25, -0.2) is 4.98 Å². The van der Waals surface area contributed by atoms with Crippen molar-refractivity contribution in [3.63, 3.8) is 0 Å². The molecule has 2 aliphatic rings. The van der Waals surface area contributed by atoms with E-state index in [2.05, 4.69) is 35.1 Å². The molecule has 2 aromatic carbocycles. The highest BCUT2D eigenvalue weighted by Gasteiger charge is 2.29. The summed E-state index contributed by atoms with van der Waals surface area (Å²) >= 11 is 0. The summed E-state index contributed by atoms with van der Waals surface area (Å²) in [6.45, 7) is 2.20. The van der Waals surface area contributed by atoms with Crippen LogP contribution < -0.4 is 0 Å². The number of hydrogen-bond acceptors (Lipinski definition) is 3. The summed E-state index contributed by atoms with van der Waals surface area (Å²) in [7, 11) is 5.79. The van der Waals surface area contributed by atoms with Crippen LogP contribution in [0.5, 0.6) is 0 Å². The van der Waals surface area contributed by atoms with E-state index in [1.165, 1.54) is 42.5 Å². The Morgan fingerprint density at radius 1 is 1.06 bits per heavy atom. The molecular weight excluding hydrogens is 420 g/mol. The van der Waals surface area contributed by atoms with Crippen LogP contribution in [-0.4, -0.2) is 53.4 Å². The van der Waals surface area contributed by atoms with E-state index in [4.69, 9.17) is 4.98 Å². The molecule has 0 fully saturated rings. The summed E-state index contributed by atoms with van der Waals surface area (Å²) in [5.41, 5.74) is 10.8. The van der Waals surface area contributed by atoms with Gasteiger partial charge in [-0.2, -0.15) is 0 Å². The zero-order chi connectivity index (χ0) is 23.4. The van der Waals surface area contributed by atoms with Gasteiger partial charge in [0.15, 0.2) is 0 Å². The van der Waals surface area contributed by atoms with Crippen molar-refractivity contribution < 1.29 is 4.79 Å². The molecule has 0 bridgehead atoms. The number of benzene rings is 2. The third-order valence-electron chi connectivity index (χ3n) is 7.44. The van der Waals surface area contributed by atoms with E-state index in [1.54, 1.807) is 24.6 Å². The van der Waals surface area contributed by atoms with Crippen molar-refractivity contribution in [1.82, 2.24) is 19.8 Å². The van der Waals surface area contributed by atoms with Crippen LogP contribution in [0.3, 0.4) is 0 Å². The SMILES string of the molecule is CN1Cc2cc(-c3cnc4[nH]cc(-c5ccc(C(=O)N(C)C)cc5)c4c3)cc3c2C(CCC3)C1. The van der Waals surface area contributed by atoms with Crippen molar-refractivity contribution in [3.05, 3.63) is 77.1 Å². The number of aromatic nitrogens is 2. The highest BCUT2D eigenvalue weighted by atomic mass is 16.2. The number of fused-ring (bicyclic) bond motifs is 1. The molecular formula is C29H30N4O. The smallest absolute Gasteiger partial charge is 0.253 e. The summed E-state index contributed by atoms with van der Waals surface area (Å²) in [6.07, 6.45) is 7.77. The Balaban J connectivity index is 1.41. The summed E-state index contributed by atoms with van der Waals surface area (Å²) in [6, 6.07) is 14.9. The van der Waals surface area contributed by atoms with Gasteiger partial charge < -0.3 is 14.8 Å². The van der Waals surface area contributed by atoms with E-state index >= 15 is 0 Å². The Kier molecular flexibility index (Phi) is 5.03. The van der Waals surface area contributed by atoms with Crippen molar-refractivity contribution in [3.8, 4) is 22.3 Å². The molecule has 0 saturated carbocycles. The van der Waals surface area contributed by atoms with Gasteiger partial charge in [-0.1, -0.05) is 18.2 Å². The van der Waals surface area contributed by atoms with E-state index in [-0.39, 0.29) is 5.91 Å². The molecule has 1 aliphatic carbocycles. The average Bonchev–Trinajstić information content (AvgIpc) is 3.26. The number of pyridine rings is 1. The van der Waals surface area contributed by atoms with E-state index in [0.717, 1.165) is 34.3 Å². The minimum absolute atomic E-state index is 0.0127. The van der Waals surface area contributed by atoms with Gasteiger partial charge in [0.1, 0.15) is 5.65 Å². The van der Waals surface area contributed by atoms with Crippen molar-refractivity contribution in [2.24, 2.45) is 0 Å². The molecule has 2 aromatic heterocycles. The molecule has 5 heteroatoms. The number of nitrogens with one attached hydrogen (secondary N) is 1. The normalized spacial score (nSPS) is 17.6. The predicted molar refractivity (Wildman–Crippen MR) is 137 cm³/mol. The molecule has 0 saturated heterocycles. The number of H-pyrrole nitrogens is 1. The Morgan fingerprint density at radius 3 is 2.65 bits per heavy atom. The second-order valence-electron chi connectivity index (χ2n) is 10.1. The first-order chi connectivity index (χ1) is 16.5. The molecule has 3 heterocycles.